The first-order valence-electron chi connectivity index (χ1n) is 12.8. The largest absolute Gasteiger partial charge is 0.446 e. The molecule has 0 saturated carbocycles. The molecular weight excluding hydrogens is 386 g/mol. The van der Waals surface area contributed by atoms with E-state index in [-0.39, 0.29) is 0 Å². The van der Waals surface area contributed by atoms with Gasteiger partial charge < -0.3 is 10.5 Å². The third-order valence-electron chi connectivity index (χ3n) is 6.08. The number of hydrogen-bond acceptors (Lipinski definition) is 3. The van der Waals surface area contributed by atoms with E-state index in [1.807, 2.05) is 6.92 Å². The number of amides is 1. The summed E-state index contributed by atoms with van der Waals surface area (Å²) in [4.78, 5) is 23.4. The van der Waals surface area contributed by atoms with Crippen molar-refractivity contribution in [3.05, 3.63) is 24.8 Å². The third kappa shape index (κ3) is 15.8. The molecule has 0 bridgehead atoms. The maximum absolute atomic E-state index is 11.8. The highest BCUT2D eigenvalue weighted by molar-refractivity contribution is 5.89. The van der Waals surface area contributed by atoms with Crippen LogP contribution < -0.4 is 5.73 Å². The number of unbranched alkanes of at least 4 members (excludes halogenated alkanes) is 14. The Morgan fingerprint density at radius 3 is 1.65 bits per heavy atom. The molecule has 0 aromatic carbocycles. The van der Waals surface area contributed by atoms with Gasteiger partial charge in [-0.25, -0.2) is 4.79 Å². The smallest absolute Gasteiger partial charge is 0.331 e. The second-order valence-electron chi connectivity index (χ2n) is 8.73. The lowest BCUT2D eigenvalue weighted by Crippen LogP contribution is -2.47. The van der Waals surface area contributed by atoms with Gasteiger partial charge in [0.15, 0.2) is 5.60 Å². The van der Waals surface area contributed by atoms with Gasteiger partial charge in [-0.2, -0.15) is 0 Å². The van der Waals surface area contributed by atoms with Crippen molar-refractivity contribution < 1.29 is 14.3 Å². The van der Waals surface area contributed by atoms with E-state index in [0.717, 1.165) is 25.3 Å². The fourth-order valence-electron chi connectivity index (χ4n) is 3.89. The summed E-state index contributed by atoms with van der Waals surface area (Å²) >= 11 is 0. The molecule has 0 spiro atoms. The van der Waals surface area contributed by atoms with Crippen molar-refractivity contribution in [1.82, 2.24) is 0 Å². The summed E-state index contributed by atoms with van der Waals surface area (Å²) in [5.41, 5.74) is 4.32. The van der Waals surface area contributed by atoms with E-state index in [2.05, 4.69) is 25.7 Å². The SMILES string of the molecule is C=CC(=O)OC(CC)(CCCCCCCCCC/C=C\CCCCCCCC)C(N)=O. The Bertz CT molecular complexity index is 501. The fraction of sp³-hybridized carbons (Fsp3) is 0.778. The number of primary amides is 1. The molecule has 4 nitrogen and oxygen atoms in total. The summed E-state index contributed by atoms with van der Waals surface area (Å²) in [6.07, 6.45) is 26.8. The standard InChI is InChI=1S/C27H49NO3/c1-4-7-8-9-10-11-12-13-14-15-16-17-18-19-20-21-22-23-24-27(6-3,26(28)30)31-25(29)5-2/h5,13-14H,2,4,6-12,15-24H2,1,3H3,(H2,28,30)/b14-13-. The Balaban J connectivity index is 3.62. The van der Waals surface area contributed by atoms with Crippen molar-refractivity contribution in [3.63, 3.8) is 0 Å². The number of carbonyl (C=O) groups is 2. The van der Waals surface area contributed by atoms with E-state index in [0.29, 0.717) is 12.8 Å². The molecule has 0 aliphatic heterocycles. The molecule has 0 fully saturated rings. The predicted octanol–water partition coefficient (Wildman–Crippen LogP) is 7.56. The second kappa shape index (κ2) is 20.3. The number of hydrogen-bond donors (Lipinski definition) is 1. The van der Waals surface area contributed by atoms with E-state index in [1.165, 1.54) is 83.5 Å². The number of rotatable bonds is 22. The summed E-state index contributed by atoms with van der Waals surface area (Å²) < 4.78 is 5.29. The van der Waals surface area contributed by atoms with Crippen LogP contribution in [-0.4, -0.2) is 17.5 Å². The van der Waals surface area contributed by atoms with E-state index in [4.69, 9.17) is 10.5 Å². The molecule has 1 atom stereocenters. The Hall–Kier alpha value is -1.58. The van der Waals surface area contributed by atoms with Crippen molar-refractivity contribution in [2.75, 3.05) is 0 Å². The molecule has 1 amide bonds. The highest BCUT2D eigenvalue weighted by Gasteiger charge is 2.37. The van der Waals surface area contributed by atoms with Crippen LogP contribution >= 0.6 is 0 Å². The van der Waals surface area contributed by atoms with Gasteiger partial charge in [-0.15, -0.1) is 0 Å². The molecule has 2 N–H and O–H groups in total. The van der Waals surface area contributed by atoms with Crippen molar-refractivity contribution in [2.24, 2.45) is 5.73 Å². The van der Waals surface area contributed by atoms with Gasteiger partial charge >= 0.3 is 5.97 Å². The van der Waals surface area contributed by atoms with Crippen LogP contribution in [0.5, 0.6) is 0 Å². The lowest BCUT2D eigenvalue weighted by atomic mass is 9.91. The molecule has 0 aromatic rings. The maximum Gasteiger partial charge on any atom is 0.331 e. The number of allylic oxidation sites excluding steroid dienone is 2. The van der Waals surface area contributed by atoms with E-state index in [1.54, 1.807) is 0 Å². The van der Waals surface area contributed by atoms with Crippen LogP contribution in [0, 0.1) is 0 Å². The summed E-state index contributed by atoms with van der Waals surface area (Å²) in [6, 6.07) is 0. The molecule has 1 unspecified atom stereocenters. The molecule has 0 saturated heterocycles. The molecule has 0 aromatic heterocycles. The molecule has 0 rings (SSSR count). The van der Waals surface area contributed by atoms with Gasteiger partial charge in [0.2, 0.25) is 0 Å². The summed E-state index contributed by atoms with van der Waals surface area (Å²) in [7, 11) is 0. The van der Waals surface area contributed by atoms with E-state index >= 15 is 0 Å². The monoisotopic (exact) mass is 435 g/mol. The van der Waals surface area contributed by atoms with Crippen LogP contribution in [0.3, 0.4) is 0 Å². The van der Waals surface area contributed by atoms with Crippen LogP contribution in [0.4, 0.5) is 0 Å². The van der Waals surface area contributed by atoms with Crippen LogP contribution in [0.15, 0.2) is 24.8 Å². The van der Waals surface area contributed by atoms with Crippen LogP contribution in [0.2, 0.25) is 0 Å². The first-order valence-corrected chi connectivity index (χ1v) is 12.8. The van der Waals surface area contributed by atoms with Crippen LogP contribution in [0.25, 0.3) is 0 Å². The first-order chi connectivity index (χ1) is 15.0. The minimum atomic E-state index is -1.19. The average Bonchev–Trinajstić information content (AvgIpc) is 2.77. The van der Waals surface area contributed by atoms with E-state index < -0.39 is 17.5 Å². The van der Waals surface area contributed by atoms with E-state index in [9.17, 15) is 9.59 Å². The molecule has 0 aliphatic carbocycles. The third-order valence-corrected chi connectivity index (χ3v) is 6.08. The quantitative estimate of drug-likeness (QED) is 0.0825. The van der Waals surface area contributed by atoms with Crippen LogP contribution in [-0.2, 0) is 14.3 Å². The van der Waals surface area contributed by atoms with Gasteiger partial charge in [0.25, 0.3) is 5.91 Å². The molecule has 180 valence electrons. The zero-order valence-corrected chi connectivity index (χ0v) is 20.5. The zero-order valence-electron chi connectivity index (χ0n) is 20.5. The Morgan fingerprint density at radius 2 is 1.23 bits per heavy atom. The second-order valence-corrected chi connectivity index (χ2v) is 8.73. The van der Waals surface area contributed by atoms with Crippen molar-refractivity contribution in [2.45, 2.75) is 135 Å². The Labute approximate surface area is 192 Å². The zero-order chi connectivity index (χ0) is 23.2. The lowest BCUT2D eigenvalue weighted by Gasteiger charge is -2.28. The molecule has 0 aliphatic rings. The number of esters is 1. The molecule has 31 heavy (non-hydrogen) atoms. The van der Waals surface area contributed by atoms with Gasteiger partial charge in [0.1, 0.15) is 0 Å². The highest BCUT2D eigenvalue weighted by Crippen LogP contribution is 2.25. The molecule has 0 heterocycles. The number of nitrogens with two attached hydrogens (primary N) is 1. The summed E-state index contributed by atoms with van der Waals surface area (Å²) in [5, 5.41) is 0. The fourth-order valence-corrected chi connectivity index (χ4v) is 3.89. The summed E-state index contributed by atoms with van der Waals surface area (Å²) in [5.74, 6) is -1.15. The lowest BCUT2D eigenvalue weighted by molar-refractivity contribution is -0.164. The average molecular weight is 436 g/mol. The maximum atomic E-state index is 11.8. The normalized spacial score (nSPS) is 13.2. The van der Waals surface area contributed by atoms with Gasteiger partial charge in [-0.05, 0) is 44.9 Å². The molecule has 4 heteroatoms. The highest BCUT2D eigenvalue weighted by atomic mass is 16.6. The number of ether oxygens (including phenoxy) is 1. The van der Waals surface area contributed by atoms with Crippen molar-refractivity contribution in [1.29, 1.82) is 0 Å². The predicted molar refractivity (Wildman–Crippen MR) is 132 cm³/mol. The van der Waals surface area contributed by atoms with Crippen molar-refractivity contribution >= 4 is 11.9 Å². The van der Waals surface area contributed by atoms with Crippen molar-refractivity contribution in [3.8, 4) is 0 Å². The van der Waals surface area contributed by atoms with Gasteiger partial charge in [0, 0.05) is 6.08 Å². The first kappa shape index (κ1) is 29.4. The van der Waals surface area contributed by atoms with Gasteiger partial charge in [-0.3, -0.25) is 4.79 Å². The minimum Gasteiger partial charge on any atom is -0.446 e. The minimum absolute atomic E-state index is 0.398. The Morgan fingerprint density at radius 1 is 0.774 bits per heavy atom. The van der Waals surface area contributed by atoms with Crippen LogP contribution in [0.1, 0.15) is 129 Å². The summed E-state index contributed by atoms with van der Waals surface area (Å²) in [6.45, 7) is 7.48. The Kier molecular flexibility index (Phi) is 19.3. The number of carbonyl (C=O) groups excluding carboxylic acids is 2. The molecule has 0 radical (unpaired) electrons. The van der Waals surface area contributed by atoms with Gasteiger partial charge in [0.05, 0.1) is 0 Å². The van der Waals surface area contributed by atoms with Gasteiger partial charge in [-0.1, -0.05) is 103 Å². The topological polar surface area (TPSA) is 69.4 Å². The molecular formula is C27H49NO3.